The van der Waals surface area contributed by atoms with Crippen LogP contribution in [-0.2, 0) is 0 Å². The fraction of sp³-hybridized carbons (Fsp3) is 0. The summed E-state index contributed by atoms with van der Waals surface area (Å²) in [7, 11) is 0. The van der Waals surface area contributed by atoms with Gasteiger partial charge in [-0.25, -0.2) is 8.78 Å². The third kappa shape index (κ3) is 1.87. The van der Waals surface area contributed by atoms with E-state index in [0.717, 1.165) is 11.6 Å². The van der Waals surface area contributed by atoms with Gasteiger partial charge in [0.05, 0.1) is 0 Å². The van der Waals surface area contributed by atoms with Gasteiger partial charge in [-0.15, -0.1) is 0 Å². The van der Waals surface area contributed by atoms with Gasteiger partial charge in [0.15, 0.2) is 11.6 Å². The molecular formula is C14H10F2. The monoisotopic (exact) mass is 216 g/mol. The second kappa shape index (κ2) is 4.27. The average Bonchev–Trinajstić information content (AvgIpc) is 2.33. The lowest BCUT2D eigenvalue weighted by atomic mass is 10.0. The van der Waals surface area contributed by atoms with Crippen molar-refractivity contribution in [3.05, 3.63) is 66.2 Å². The molecule has 0 atom stereocenters. The SMILES string of the molecule is C=Cc1ccc(-c2cccc(F)c2F)cc1. The smallest absolute Gasteiger partial charge is 0.166 e. The molecule has 0 nitrogen and oxygen atoms in total. The van der Waals surface area contributed by atoms with E-state index >= 15 is 0 Å². The van der Waals surface area contributed by atoms with Gasteiger partial charge in [-0.05, 0) is 17.2 Å². The summed E-state index contributed by atoms with van der Waals surface area (Å²) in [4.78, 5) is 0. The molecule has 2 aromatic carbocycles. The van der Waals surface area contributed by atoms with Gasteiger partial charge in [0.1, 0.15) is 0 Å². The van der Waals surface area contributed by atoms with E-state index in [1.807, 2.05) is 12.1 Å². The first-order chi connectivity index (χ1) is 7.72. The van der Waals surface area contributed by atoms with Crippen LogP contribution in [0.4, 0.5) is 8.78 Å². The molecule has 16 heavy (non-hydrogen) atoms. The standard InChI is InChI=1S/C14H10F2/c1-2-10-6-8-11(9-7-10)12-4-3-5-13(15)14(12)16/h2-9H,1H2. The highest BCUT2D eigenvalue weighted by atomic mass is 19.2. The predicted octanol–water partition coefficient (Wildman–Crippen LogP) is 4.27. The lowest BCUT2D eigenvalue weighted by Crippen LogP contribution is -1.88. The molecule has 2 rings (SSSR count). The zero-order chi connectivity index (χ0) is 11.5. The maximum Gasteiger partial charge on any atom is 0.166 e. The molecule has 0 amide bonds. The van der Waals surface area contributed by atoms with Crippen LogP contribution in [0.25, 0.3) is 17.2 Å². The summed E-state index contributed by atoms with van der Waals surface area (Å²) < 4.78 is 26.5. The first-order valence-corrected chi connectivity index (χ1v) is 4.89. The molecule has 80 valence electrons. The number of halogens is 2. The van der Waals surface area contributed by atoms with Crippen molar-refractivity contribution in [2.45, 2.75) is 0 Å². The number of rotatable bonds is 2. The second-order valence-corrected chi connectivity index (χ2v) is 3.43. The van der Waals surface area contributed by atoms with E-state index < -0.39 is 11.6 Å². The molecule has 0 aliphatic carbocycles. The van der Waals surface area contributed by atoms with E-state index in [1.165, 1.54) is 6.07 Å². The van der Waals surface area contributed by atoms with E-state index in [4.69, 9.17) is 0 Å². The number of hydrogen-bond acceptors (Lipinski definition) is 0. The van der Waals surface area contributed by atoms with E-state index in [1.54, 1.807) is 24.3 Å². The van der Waals surface area contributed by atoms with Crippen molar-refractivity contribution in [1.82, 2.24) is 0 Å². The van der Waals surface area contributed by atoms with Crippen LogP contribution in [-0.4, -0.2) is 0 Å². The Balaban J connectivity index is 2.50. The Kier molecular flexibility index (Phi) is 2.82. The van der Waals surface area contributed by atoms with Gasteiger partial charge in [-0.2, -0.15) is 0 Å². The molecule has 0 fully saturated rings. The molecule has 0 spiro atoms. The molecule has 2 aromatic rings. The van der Waals surface area contributed by atoms with Crippen molar-refractivity contribution in [3.63, 3.8) is 0 Å². The lowest BCUT2D eigenvalue weighted by Gasteiger charge is -2.04. The van der Waals surface area contributed by atoms with Gasteiger partial charge in [-0.3, -0.25) is 0 Å². The van der Waals surface area contributed by atoms with Crippen molar-refractivity contribution >= 4 is 6.08 Å². The number of hydrogen-bond donors (Lipinski definition) is 0. The molecule has 0 heterocycles. The first-order valence-electron chi connectivity index (χ1n) is 4.89. The Morgan fingerprint density at radius 1 is 0.938 bits per heavy atom. The van der Waals surface area contributed by atoms with Gasteiger partial charge >= 0.3 is 0 Å². The Hall–Kier alpha value is -1.96. The molecule has 0 aliphatic rings. The topological polar surface area (TPSA) is 0 Å². The van der Waals surface area contributed by atoms with Crippen LogP contribution in [0.1, 0.15) is 5.56 Å². The molecule has 2 heteroatoms. The van der Waals surface area contributed by atoms with E-state index in [0.29, 0.717) is 5.56 Å². The molecule has 0 aliphatic heterocycles. The Morgan fingerprint density at radius 2 is 1.62 bits per heavy atom. The van der Waals surface area contributed by atoms with Crippen molar-refractivity contribution in [3.8, 4) is 11.1 Å². The lowest BCUT2D eigenvalue weighted by molar-refractivity contribution is 0.511. The van der Waals surface area contributed by atoms with E-state index in [2.05, 4.69) is 6.58 Å². The van der Waals surface area contributed by atoms with Crippen LogP contribution in [0, 0.1) is 11.6 Å². The summed E-state index contributed by atoms with van der Waals surface area (Å²) in [6.45, 7) is 3.63. The van der Waals surface area contributed by atoms with Gasteiger partial charge in [-0.1, -0.05) is 49.1 Å². The minimum atomic E-state index is -0.828. The zero-order valence-electron chi connectivity index (χ0n) is 8.58. The summed E-state index contributed by atoms with van der Waals surface area (Å²) in [6.07, 6.45) is 1.70. The van der Waals surface area contributed by atoms with E-state index in [-0.39, 0.29) is 5.56 Å². The zero-order valence-corrected chi connectivity index (χ0v) is 8.58. The highest BCUT2D eigenvalue weighted by molar-refractivity contribution is 5.66. The summed E-state index contributed by atoms with van der Waals surface area (Å²) in [5.41, 5.74) is 1.87. The van der Waals surface area contributed by atoms with Crippen LogP contribution in [0.5, 0.6) is 0 Å². The highest BCUT2D eigenvalue weighted by Gasteiger charge is 2.08. The Bertz CT molecular complexity index is 513. The molecular weight excluding hydrogens is 206 g/mol. The Labute approximate surface area is 92.9 Å². The normalized spacial score (nSPS) is 10.1. The molecule has 0 N–H and O–H groups in total. The summed E-state index contributed by atoms with van der Waals surface area (Å²) in [6, 6.07) is 11.3. The summed E-state index contributed by atoms with van der Waals surface area (Å²) in [5.74, 6) is -1.64. The quantitative estimate of drug-likeness (QED) is 0.703. The minimum Gasteiger partial charge on any atom is -0.204 e. The first kappa shape index (κ1) is 10.6. The maximum atomic E-state index is 13.5. The van der Waals surface area contributed by atoms with E-state index in [9.17, 15) is 8.78 Å². The summed E-state index contributed by atoms with van der Waals surface area (Å²) >= 11 is 0. The van der Waals surface area contributed by atoms with Crippen LogP contribution in [0.15, 0.2) is 49.0 Å². The minimum absolute atomic E-state index is 0.274. The molecule has 0 saturated heterocycles. The van der Waals surface area contributed by atoms with Gasteiger partial charge < -0.3 is 0 Å². The van der Waals surface area contributed by atoms with Crippen molar-refractivity contribution < 1.29 is 8.78 Å². The highest BCUT2D eigenvalue weighted by Crippen LogP contribution is 2.24. The van der Waals surface area contributed by atoms with Crippen molar-refractivity contribution in [2.75, 3.05) is 0 Å². The van der Waals surface area contributed by atoms with Gasteiger partial charge in [0.2, 0.25) is 0 Å². The largest absolute Gasteiger partial charge is 0.204 e. The third-order valence-corrected chi connectivity index (χ3v) is 2.41. The maximum absolute atomic E-state index is 13.5. The second-order valence-electron chi connectivity index (χ2n) is 3.43. The third-order valence-electron chi connectivity index (χ3n) is 2.41. The van der Waals surface area contributed by atoms with Gasteiger partial charge in [0, 0.05) is 5.56 Å². The predicted molar refractivity (Wildman–Crippen MR) is 61.9 cm³/mol. The van der Waals surface area contributed by atoms with Crippen molar-refractivity contribution in [1.29, 1.82) is 0 Å². The fourth-order valence-electron chi connectivity index (χ4n) is 1.53. The van der Waals surface area contributed by atoms with Crippen molar-refractivity contribution in [2.24, 2.45) is 0 Å². The molecule has 0 aromatic heterocycles. The number of benzene rings is 2. The summed E-state index contributed by atoms with van der Waals surface area (Å²) in [5, 5.41) is 0. The van der Waals surface area contributed by atoms with Crippen LogP contribution < -0.4 is 0 Å². The Morgan fingerprint density at radius 3 is 2.25 bits per heavy atom. The molecule has 0 bridgehead atoms. The molecule has 0 radical (unpaired) electrons. The van der Waals surface area contributed by atoms with Crippen LogP contribution in [0.3, 0.4) is 0 Å². The van der Waals surface area contributed by atoms with Crippen LogP contribution >= 0.6 is 0 Å². The fourth-order valence-corrected chi connectivity index (χ4v) is 1.53. The average molecular weight is 216 g/mol. The molecule has 0 unspecified atom stereocenters. The van der Waals surface area contributed by atoms with Gasteiger partial charge in [0.25, 0.3) is 0 Å². The molecule has 0 saturated carbocycles. The van der Waals surface area contributed by atoms with Crippen LogP contribution in [0.2, 0.25) is 0 Å².